The zero-order valence-corrected chi connectivity index (χ0v) is 12.6. The number of ether oxygens (including phenoxy) is 2. The molecule has 1 aromatic rings. The van der Waals surface area contributed by atoms with Crippen molar-refractivity contribution < 1.29 is 41.9 Å². The van der Waals surface area contributed by atoms with Gasteiger partial charge in [0.25, 0.3) is 0 Å². The maximum atomic E-state index is 10.6. The van der Waals surface area contributed by atoms with Gasteiger partial charge < -0.3 is 24.8 Å². The molecule has 1 saturated heterocycles. The van der Waals surface area contributed by atoms with Gasteiger partial charge >= 0.3 is 10.4 Å². The molecule has 0 saturated carbocycles. The molecule has 5 atom stereocenters. The molecule has 0 bridgehead atoms. The van der Waals surface area contributed by atoms with Crippen LogP contribution >= 0.6 is 0 Å². The topological polar surface area (TPSA) is 156 Å². The van der Waals surface area contributed by atoms with Crippen LogP contribution in [-0.4, -0.2) is 70.6 Å². The highest BCUT2D eigenvalue weighted by Gasteiger charge is 2.44. The van der Waals surface area contributed by atoms with Gasteiger partial charge in [0.05, 0.1) is 13.2 Å². The highest BCUT2D eigenvalue weighted by atomic mass is 32.3. The molecule has 1 aliphatic heterocycles. The summed E-state index contributed by atoms with van der Waals surface area (Å²) in [5.41, 5.74) is 0.676. The first-order chi connectivity index (χ1) is 10.8. The second kappa shape index (κ2) is 7.59. The monoisotopic (exact) mass is 351 g/mol. The SMILES string of the molecule is O=S(=O)(O)OC[C@H]1O[C@@H](OCc2cccnc2)[C@H](O)[C@@H](O)[C@@H]1O. The molecule has 0 spiro atoms. The predicted octanol–water partition coefficient (Wildman–Crippen LogP) is -1.77. The number of rotatable bonds is 6. The maximum absolute atomic E-state index is 10.6. The quantitative estimate of drug-likeness (QED) is 0.432. The zero-order chi connectivity index (χ0) is 17.0. The van der Waals surface area contributed by atoms with Gasteiger partial charge in [-0.1, -0.05) is 6.07 Å². The van der Waals surface area contributed by atoms with Crippen LogP contribution in [0, 0.1) is 0 Å². The van der Waals surface area contributed by atoms with Crippen LogP contribution < -0.4 is 0 Å². The van der Waals surface area contributed by atoms with Gasteiger partial charge in [0.2, 0.25) is 0 Å². The van der Waals surface area contributed by atoms with Crippen LogP contribution in [0.1, 0.15) is 5.56 Å². The summed E-state index contributed by atoms with van der Waals surface area (Å²) in [6, 6.07) is 3.39. The fourth-order valence-electron chi connectivity index (χ4n) is 2.01. The highest BCUT2D eigenvalue weighted by Crippen LogP contribution is 2.23. The molecule has 0 aromatic carbocycles. The molecular formula is C12H17NO9S. The van der Waals surface area contributed by atoms with E-state index in [4.69, 9.17) is 14.0 Å². The van der Waals surface area contributed by atoms with Crippen molar-refractivity contribution in [3.05, 3.63) is 30.1 Å². The Bertz CT molecular complexity index is 596. The van der Waals surface area contributed by atoms with E-state index in [2.05, 4.69) is 9.17 Å². The molecule has 0 amide bonds. The second-order valence-electron chi connectivity index (χ2n) is 4.90. The van der Waals surface area contributed by atoms with E-state index in [1.54, 1.807) is 18.3 Å². The lowest BCUT2D eigenvalue weighted by Gasteiger charge is -2.39. The van der Waals surface area contributed by atoms with E-state index in [0.29, 0.717) is 5.56 Å². The van der Waals surface area contributed by atoms with E-state index in [0.717, 1.165) is 0 Å². The lowest BCUT2D eigenvalue weighted by Crippen LogP contribution is -2.59. The summed E-state index contributed by atoms with van der Waals surface area (Å²) in [6.07, 6.45) is -4.37. The van der Waals surface area contributed by atoms with Crippen molar-refractivity contribution in [3.8, 4) is 0 Å². The Hall–Kier alpha value is -1.18. The van der Waals surface area contributed by atoms with Gasteiger partial charge in [0, 0.05) is 12.4 Å². The number of aromatic nitrogens is 1. The number of hydrogen-bond donors (Lipinski definition) is 4. The molecule has 23 heavy (non-hydrogen) atoms. The Morgan fingerprint density at radius 1 is 1.22 bits per heavy atom. The molecule has 0 unspecified atom stereocenters. The number of aliphatic hydroxyl groups excluding tert-OH is 3. The van der Waals surface area contributed by atoms with E-state index in [-0.39, 0.29) is 6.61 Å². The highest BCUT2D eigenvalue weighted by molar-refractivity contribution is 7.80. The van der Waals surface area contributed by atoms with Gasteiger partial charge in [-0.3, -0.25) is 9.54 Å². The van der Waals surface area contributed by atoms with Crippen molar-refractivity contribution in [2.75, 3.05) is 6.61 Å². The van der Waals surface area contributed by atoms with Crippen LogP contribution in [0.3, 0.4) is 0 Å². The smallest absolute Gasteiger partial charge is 0.387 e. The molecule has 130 valence electrons. The van der Waals surface area contributed by atoms with Gasteiger partial charge in [-0.15, -0.1) is 0 Å². The van der Waals surface area contributed by atoms with E-state index in [1.807, 2.05) is 0 Å². The van der Waals surface area contributed by atoms with Gasteiger partial charge in [-0.25, -0.2) is 4.18 Å². The van der Waals surface area contributed by atoms with E-state index < -0.39 is 47.7 Å². The molecular weight excluding hydrogens is 334 g/mol. The third kappa shape index (κ3) is 5.16. The molecule has 1 aliphatic rings. The van der Waals surface area contributed by atoms with Crippen molar-refractivity contribution in [1.82, 2.24) is 4.98 Å². The Morgan fingerprint density at radius 3 is 2.57 bits per heavy atom. The van der Waals surface area contributed by atoms with Crippen LogP contribution in [0.2, 0.25) is 0 Å². The minimum absolute atomic E-state index is 0.00422. The van der Waals surface area contributed by atoms with Crippen molar-refractivity contribution >= 4 is 10.4 Å². The maximum Gasteiger partial charge on any atom is 0.397 e. The van der Waals surface area contributed by atoms with Crippen LogP contribution in [-0.2, 0) is 30.7 Å². The fraction of sp³-hybridized carbons (Fsp3) is 0.583. The molecule has 11 heteroatoms. The minimum Gasteiger partial charge on any atom is -0.387 e. The van der Waals surface area contributed by atoms with Crippen LogP contribution in [0.5, 0.6) is 0 Å². The van der Waals surface area contributed by atoms with Crippen molar-refractivity contribution in [3.63, 3.8) is 0 Å². The second-order valence-corrected chi connectivity index (χ2v) is 5.99. The molecule has 1 fully saturated rings. The van der Waals surface area contributed by atoms with Crippen LogP contribution in [0.15, 0.2) is 24.5 Å². The number of nitrogens with zero attached hydrogens (tertiary/aromatic N) is 1. The Balaban J connectivity index is 1.98. The Morgan fingerprint density at radius 2 is 1.96 bits per heavy atom. The number of aliphatic hydroxyl groups is 3. The molecule has 2 heterocycles. The van der Waals surface area contributed by atoms with Gasteiger partial charge in [0.15, 0.2) is 6.29 Å². The normalized spacial score (nSPS) is 31.9. The first-order valence-corrected chi connectivity index (χ1v) is 7.96. The van der Waals surface area contributed by atoms with Crippen molar-refractivity contribution in [2.45, 2.75) is 37.3 Å². The third-order valence-corrected chi connectivity index (χ3v) is 3.62. The first-order valence-electron chi connectivity index (χ1n) is 6.60. The molecule has 2 rings (SSSR count). The zero-order valence-electron chi connectivity index (χ0n) is 11.8. The van der Waals surface area contributed by atoms with E-state index in [9.17, 15) is 23.7 Å². The average Bonchev–Trinajstić information content (AvgIpc) is 2.51. The van der Waals surface area contributed by atoms with Crippen LogP contribution in [0.25, 0.3) is 0 Å². The summed E-state index contributed by atoms with van der Waals surface area (Å²) in [5, 5.41) is 29.4. The van der Waals surface area contributed by atoms with E-state index in [1.165, 1.54) is 6.20 Å². The number of hydrogen-bond acceptors (Lipinski definition) is 9. The molecule has 1 aromatic heterocycles. The lowest BCUT2D eigenvalue weighted by molar-refractivity contribution is -0.303. The van der Waals surface area contributed by atoms with Crippen LogP contribution in [0.4, 0.5) is 0 Å². The van der Waals surface area contributed by atoms with Gasteiger partial charge in [0.1, 0.15) is 24.4 Å². The molecule has 0 radical (unpaired) electrons. The lowest BCUT2D eigenvalue weighted by atomic mass is 9.99. The summed E-state index contributed by atoms with van der Waals surface area (Å²) in [6.45, 7) is -0.749. The molecule has 4 N–H and O–H groups in total. The summed E-state index contributed by atoms with van der Waals surface area (Å²) in [5.74, 6) is 0. The predicted molar refractivity (Wildman–Crippen MR) is 73.2 cm³/mol. The third-order valence-electron chi connectivity index (χ3n) is 3.19. The van der Waals surface area contributed by atoms with E-state index >= 15 is 0 Å². The molecule has 10 nitrogen and oxygen atoms in total. The minimum atomic E-state index is -4.74. The summed E-state index contributed by atoms with van der Waals surface area (Å²) < 4.78 is 44.3. The Kier molecular flexibility index (Phi) is 6.00. The molecule has 0 aliphatic carbocycles. The fourth-order valence-corrected chi connectivity index (χ4v) is 2.31. The van der Waals surface area contributed by atoms with Gasteiger partial charge in [-0.05, 0) is 11.6 Å². The summed E-state index contributed by atoms with van der Waals surface area (Å²) >= 11 is 0. The van der Waals surface area contributed by atoms with Gasteiger partial charge in [-0.2, -0.15) is 8.42 Å². The summed E-state index contributed by atoms with van der Waals surface area (Å²) in [7, 11) is -4.74. The Labute approximate surface area is 132 Å². The number of pyridine rings is 1. The standard InChI is InChI=1S/C12H17NO9S/c14-9-8(6-21-23(17,18)19)22-12(11(16)10(9)15)20-5-7-2-1-3-13-4-7/h1-4,8-12,14-16H,5-6H2,(H,17,18,19)/t8-,9-,10+,11-,12-/m1/s1. The average molecular weight is 351 g/mol. The summed E-state index contributed by atoms with van der Waals surface area (Å²) in [4.78, 5) is 3.88. The first kappa shape index (κ1) is 18.2. The van der Waals surface area contributed by atoms with Crippen molar-refractivity contribution in [2.24, 2.45) is 0 Å². The van der Waals surface area contributed by atoms with Crippen molar-refractivity contribution in [1.29, 1.82) is 0 Å². The largest absolute Gasteiger partial charge is 0.397 e.